The molecular formula is C19H33N3O2. The van der Waals surface area contributed by atoms with Crippen LogP contribution < -0.4 is 15.4 Å². The van der Waals surface area contributed by atoms with E-state index in [9.17, 15) is 5.11 Å². The summed E-state index contributed by atoms with van der Waals surface area (Å²) in [5, 5.41) is 15.9. The summed E-state index contributed by atoms with van der Waals surface area (Å²) in [6, 6.07) is 7.93. The summed E-state index contributed by atoms with van der Waals surface area (Å²) in [7, 11) is 1.68. The maximum Gasteiger partial charge on any atom is 0.191 e. The minimum atomic E-state index is 0.230. The Kier molecular flexibility index (Phi) is 9.92. The van der Waals surface area contributed by atoms with Gasteiger partial charge in [-0.1, -0.05) is 32.0 Å². The van der Waals surface area contributed by atoms with Crippen molar-refractivity contribution in [3.63, 3.8) is 0 Å². The molecule has 0 aliphatic rings. The zero-order valence-electron chi connectivity index (χ0n) is 15.5. The van der Waals surface area contributed by atoms with Gasteiger partial charge in [-0.15, -0.1) is 0 Å². The van der Waals surface area contributed by atoms with Gasteiger partial charge in [0.25, 0.3) is 0 Å². The van der Waals surface area contributed by atoms with Crippen LogP contribution in [0.5, 0.6) is 5.75 Å². The van der Waals surface area contributed by atoms with Crippen molar-refractivity contribution in [2.75, 3.05) is 26.8 Å². The van der Waals surface area contributed by atoms with Crippen molar-refractivity contribution in [2.45, 2.75) is 40.2 Å². The van der Waals surface area contributed by atoms with E-state index in [0.717, 1.165) is 43.2 Å². The van der Waals surface area contributed by atoms with Gasteiger partial charge in [0.1, 0.15) is 5.75 Å². The molecule has 0 heterocycles. The molecule has 0 saturated heterocycles. The molecule has 0 saturated carbocycles. The van der Waals surface area contributed by atoms with Crippen LogP contribution in [0, 0.1) is 11.8 Å². The molecule has 136 valence electrons. The molecule has 0 aliphatic heterocycles. The Bertz CT molecular complexity index is 489. The van der Waals surface area contributed by atoms with Crippen LogP contribution >= 0.6 is 0 Å². The summed E-state index contributed by atoms with van der Waals surface area (Å²) in [6.07, 6.45) is 1.91. The summed E-state index contributed by atoms with van der Waals surface area (Å²) in [5.74, 6) is 2.73. The van der Waals surface area contributed by atoms with Gasteiger partial charge in [-0.05, 0) is 37.7 Å². The molecule has 3 N–H and O–H groups in total. The molecule has 0 fully saturated rings. The number of aliphatic hydroxyl groups is 1. The summed E-state index contributed by atoms with van der Waals surface area (Å²) in [5.41, 5.74) is 1.06. The standard InChI is InChI=1S/C19H33N3O2/c1-5-20-19(21-13-16(10-11-23)12-15(2)3)22-14-17-8-6-7-9-18(17)24-4/h6-9,15-16,23H,5,10-14H2,1-4H3,(H2,20,21,22). The number of aliphatic hydroxyl groups excluding tert-OH is 1. The highest BCUT2D eigenvalue weighted by Crippen LogP contribution is 2.18. The van der Waals surface area contributed by atoms with Crippen molar-refractivity contribution in [1.82, 2.24) is 10.6 Å². The van der Waals surface area contributed by atoms with E-state index in [-0.39, 0.29) is 6.61 Å². The average molecular weight is 335 g/mol. The third-order valence-electron chi connectivity index (χ3n) is 3.84. The smallest absolute Gasteiger partial charge is 0.191 e. The van der Waals surface area contributed by atoms with E-state index in [1.807, 2.05) is 24.3 Å². The summed E-state index contributed by atoms with van der Waals surface area (Å²) in [6.45, 7) is 8.90. The van der Waals surface area contributed by atoms with Crippen LogP contribution in [0.3, 0.4) is 0 Å². The second kappa shape index (κ2) is 11.7. The van der Waals surface area contributed by atoms with Crippen molar-refractivity contribution in [3.8, 4) is 5.75 Å². The lowest BCUT2D eigenvalue weighted by atomic mass is 9.94. The first-order valence-electron chi connectivity index (χ1n) is 8.85. The first-order valence-corrected chi connectivity index (χ1v) is 8.85. The lowest BCUT2D eigenvalue weighted by molar-refractivity contribution is 0.243. The molecule has 0 aromatic heterocycles. The first kappa shape index (κ1) is 20.3. The molecule has 1 aromatic carbocycles. The van der Waals surface area contributed by atoms with Crippen LogP contribution in [-0.4, -0.2) is 37.9 Å². The Balaban J connectivity index is 2.67. The Morgan fingerprint density at radius 1 is 1.25 bits per heavy atom. The molecule has 5 heteroatoms. The molecule has 24 heavy (non-hydrogen) atoms. The lowest BCUT2D eigenvalue weighted by Crippen LogP contribution is -2.40. The highest BCUT2D eigenvalue weighted by molar-refractivity contribution is 5.79. The van der Waals surface area contributed by atoms with Crippen molar-refractivity contribution < 1.29 is 9.84 Å². The van der Waals surface area contributed by atoms with E-state index in [0.29, 0.717) is 18.4 Å². The van der Waals surface area contributed by atoms with E-state index in [2.05, 4.69) is 36.4 Å². The third kappa shape index (κ3) is 7.68. The van der Waals surface area contributed by atoms with Crippen LogP contribution in [-0.2, 0) is 6.54 Å². The van der Waals surface area contributed by atoms with E-state index in [4.69, 9.17) is 4.74 Å². The van der Waals surface area contributed by atoms with Crippen LogP contribution in [0.25, 0.3) is 0 Å². The van der Waals surface area contributed by atoms with Crippen LogP contribution in [0.15, 0.2) is 29.3 Å². The highest BCUT2D eigenvalue weighted by Gasteiger charge is 2.11. The van der Waals surface area contributed by atoms with Gasteiger partial charge in [0.2, 0.25) is 0 Å². The van der Waals surface area contributed by atoms with Gasteiger partial charge in [-0.3, -0.25) is 0 Å². The molecule has 1 rings (SSSR count). The van der Waals surface area contributed by atoms with Crippen LogP contribution in [0.1, 0.15) is 39.2 Å². The van der Waals surface area contributed by atoms with Gasteiger partial charge in [-0.2, -0.15) is 0 Å². The van der Waals surface area contributed by atoms with Crippen molar-refractivity contribution in [1.29, 1.82) is 0 Å². The molecule has 0 bridgehead atoms. The predicted molar refractivity (Wildman–Crippen MR) is 100 cm³/mol. The van der Waals surface area contributed by atoms with E-state index in [1.54, 1.807) is 7.11 Å². The topological polar surface area (TPSA) is 65.9 Å². The minimum absolute atomic E-state index is 0.230. The Labute approximate surface area is 146 Å². The number of para-hydroxylation sites is 1. The maximum atomic E-state index is 9.24. The zero-order valence-corrected chi connectivity index (χ0v) is 15.5. The van der Waals surface area contributed by atoms with Crippen molar-refractivity contribution >= 4 is 5.96 Å². The molecule has 1 aromatic rings. The summed E-state index contributed by atoms with van der Waals surface area (Å²) < 4.78 is 5.37. The van der Waals surface area contributed by atoms with Crippen molar-refractivity contribution in [2.24, 2.45) is 16.8 Å². The highest BCUT2D eigenvalue weighted by atomic mass is 16.5. The lowest BCUT2D eigenvalue weighted by Gasteiger charge is -2.20. The molecule has 1 atom stereocenters. The zero-order chi connectivity index (χ0) is 17.8. The summed E-state index contributed by atoms with van der Waals surface area (Å²) >= 11 is 0. The maximum absolute atomic E-state index is 9.24. The fourth-order valence-electron chi connectivity index (χ4n) is 2.73. The average Bonchev–Trinajstić information content (AvgIpc) is 2.57. The Morgan fingerprint density at radius 2 is 2.00 bits per heavy atom. The predicted octanol–water partition coefficient (Wildman–Crippen LogP) is 2.80. The number of aliphatic imine (C=N–C) groups is 1. The number of hydrogen-bond donors (Lipinski definition) is 3. The Morgan fingerprint density at radius 3 is 2.62 bits per heavy atom. The first-order chi connectivity index (χ1) is 11.6. The fraction of sp³-hybridized carbons (Fsp3) is 0.632. The van der Waals surface area contributed by atoms with E-state index < -0.39 is 0 Å². The second-order valence-corrected chi connectivity index (χ2v) is 6.40. The van der Waals surface area contributed by atoms with Gasteiger partial charge >= 0.3 is 0 Å². The van der Waals surface area contributed by atoms with E-state index in [1.165, 1.54) is 0 Å². The largest absolute Gasteiger partial charge is 0.496 e. The number of hydrogen-bond acceptors (Lipinski definition) is 3. The quantitative estimate of drug-likeness (QED) is 0.454. The van der Waals surface area contributed by atoms with Gasteiger partial charge < -0.3 is 20.5 Å². The molecule has 0 spiro atoms. The second-order valence-electron chi connectivity index (χ2n) is 6.40. The molecule has 1 unspecified atom stereocenters. The number of guanidine groups is 1. The number of ether oxygens (including phenoxy) is 1. The monoisotopic (exact) mass is 335 g/mol. The summed E-state index contributed by atoms with van der Waals surface area (Å²) in [4.78, 5) is 4.66. The van der Waals surface area contributed by atoms with Gasteiger partial charge in [-0.25, -0.2) is 4.99 Å². The number of nitrogens with one attached hydrogen (secondary N) is 2. The molecular weight excluding hydrogens is 302 g/mol. The van der Waals surface area contributed by atoms with Gasteiger partial charge in [0.05, 0.1) is 13.7 Å². The normalized spacial score (nSPS) is 13.0. The van der Waals surface area contributed by atoms with Crippen LogP contribution in [0.4, 0.5) is 0 Å². The van der Waals surface area contributed by atoms with Gasteiger partial charge in [0.15, 0.2) is 5.96 Å². The molecule has 0 amide bonds. The van der Waals surface area contributed by atoms with Gasteiger partial charge in [0, 0.05) is 25.3 Å². The minimum Gasteiger partial charge on any atom is -0.496 e. The van der Waals surface area contributed by atoms with Crippen LogP contribution in [0.2, 0.25) is 0 Å². The third-order valence-corrected chi connectivity index (χ3v) is 3.84. The SMILES string of the molecule is CCNC(=NCc1ccccc1OC)NCC(CCO)CC(C)C. The Hall–Kier alpha value is -1.75. The fourth-order valence-corrected chi connectivity index (χ4v) is 2.73. The molecule has 0 aliphatic carbocycles. The molecule has 0 radical (unpaired) electrons. The van der Waals surface area contributed by atoms with Crippen molar-refractivity contribution in [3.05, 3.63) is 29.8 Å². The number of nitrogens with zero attached hydrogens (tertiary/aromatic N) is 1. The number of rotatable bonds is 10. The number of methoxy groups -OCH3 is 1. The molecule has 5 nitrogen and oxygen atoms in total. The number of benzene rings is 1. The van der Waals surface area contributed by atoms with E-state index >= 15 is 0 Å².